The third-order valence-corrected chi connectivity index (χ3v) is 2.09. The van der Waals surface area contributed by atoms with Gasteiger partial charge in [-0.25, -0.2) is 0 Å². The van der Waals surface area contributed by atoms with Crippen LogP contribution in [0.25, 0.3) is 5.69 Å². The highest BCUT2D eigenvalue weighted by atomic mass is 35.5. The Kier molecular flexibility index (Phi) is 2.13. The second-order valence-electron chi connectivity index (χ2n) is 3.00. The van der Waals surface area contributed by atoms with Gasteiger partial charge in [0.25, 0.3) is 0 Å². The highest BCUT2D eigenvalue weighted by molar-refractivity contribution is 6.29. The van der Waals surface area contributed by atoms with Crippen molar-refractivity contribution < 1.29 is 0 Å². The van der Waals surface area contributed by atoms with Gasteiger partial charge in [0, 0.05) is 5.69 Å². The van der Waals surface area contributed by atoms with Crippen molar-refractivity contribution in [3.8, 4) is 5.69 Å². The number of nitrogens with zero attached hydrogens (tertiary/aromatic N) is 3. The number of hydrogen-bond donors (Lipinski definition) is 1. The van der Waals surface area contributed by atoms with E-state index in [1.807, 2.05) is 25.1 Å². The van der Waals surface area contributed by atoms with Crippen LogP contribution in [0.2, 0.25) is 5.15 Å². The zero-order chi connectivity index (χ0) is 10.1. The van der Waals surface area contributed by atoms with Gasteiger partial charge in [0.15, 0.2) is 5.15 Å². The van der Waals surface area contributed by atoms with Crippen LogP contribution in [0.1, 0.15) is 5.56 Å². The third kappa shape index (κ3) is 1.56. The summed E-state index contributed by atoms with van der Waals surface area (Å²) in [4.78, 5) is 1.47. The van der Waals surface area contributed by atoms with Gasteiger partial charge >= 0.3 is 0 Å². The molecular formula is C9H9ClN4. The molecule has 0 aliphatic carbocycles. The Morgan fingerprint density at radius 1 is 1.43 bits per heavy atom. The first-order valence-corrected chi connectivity index (χ1v) is 4.49. The zero-order valence-corrected chi connectivity index (χ0v) is 8.36. The lowest BCUT2D eigenvalue weighted by Crippen LogP contribution is -2.02. The lowest BCUT2D eigenvalue weighted by molar-refractivity contribution is 0.748. The van der Waals surface area contributed by atoms with Gasteiger partial charge in [-0.1, -0.05) is 17.7 Å². The predicted molar refractivity (Wildman–Crippen MR) is 55.5 cm³/mol. The lowest BCUT2D eigenvalue weighted by atomic mass is 10.2. The lowest BCUT2D eigenvalue weighted by Gasteiger charge is -2.04. The number of halogens is 1. The van der Waals surface area contributed by atoms with Gasteiger partial charge in [-0.3, -0.25) is 0 Å². The second-order valence-corrected chi connectivity index (χ2v) is 3.39. The van der Waals surface area contributed by atoms with Gasteiger partial charge in [-0.05, 0) is 24.6 Å². The minimum Gasteiger partial charge on any atom is -0.399 e. The number of hydrogen-bond acceptors (Lipinski definition) is 3. The molecule has 2 rings (SSSR count). The molecule has 0 aliphatic heterocycles. The topological polar surface area (TPSA) is 56.7 Å². The van der Waals surface area contributed by atoms with Gasteiger partial charge in [0.05, 0.1) is 11.9 Å². The molecule has 0 saturated heterocycles. The van der Waals surface area contributed by atoms with E-state index in [1.54, 1.807) is 0 Å². The van der Waals surface area contributed by atoms with Crippen molar-refractivity contribution in [2.45, 2.75) is 6.92 Å². The second kappa shape index (κ2) is 3.31. The summed E-state index contributed by atoms with van der Waals surface area (Å²) in [6, 6.07) is 5.57. The van der Waals surface area contributed by atoms with E-state index in [9.17, 15) is 0 Å². The van der Waals surface area contributed by atoms with E-state index < -0.39 is 0 Å². The summed E-state index contributed by atoms with van der Waals surface area (Å²) in [6.07, 6.45) is 1.49. The Hall–Kier alpha value is -1.55. The summed E-state index contributed by atoms with van der Waals surface area (Å²) in [7, 11) is 0. The molecule has 0 atom stereocenters. The number of nitrogens with two attached hydrogens (primary N) is 1. The van der Waals surface area contributed by atoms with Crippen LogP contribution in [0.15, 0.2) is 24.4 Å². The van der Waals surface area contributed by atoms with Crippen molar-refractivity contribution in [1.82, 2.24) is 15.0 Å². The van der Waals surface area contributed by atoms with Crippen LogP contribution < -0.4 is 5.73 Å². The molecule has 1 aromatic heterocycles. The number of aryl methyl sites for hydroxylation is 1. The molecule has 0 saturated carbocycles. The fraction of sp³-hybridized carbons (Fsp3) is 0.111. The SMILES string of the molecule is Cc1ccc(N)cc1-n1ncc(Cl)n1. The Morgan fingerprint density at radius 2 is 2.21 bits per heavy atom. The van der Waals surface area contributed by atoms with Gasteiger partial charge in [0.2, 0.25) is 0 Å². The fourth-order valence-electron chi connectivity index (χ4n) is 1.20. The van der Waals surface area contributed by atoms with Crippen molar-refractivity contribution in [3.05, 3.63) is 35.1 Å². The maximum absolute atomic E-state index is 5.68. The van der Waals surface area contributed by atoms with Crippen LogP contribution in [-0.2, 0) is 0 Å². The zero-order valence-electron chi connectivity index (χ0n) is 7.61. The Morgan fingerprint density at radius 3 is 2.86 bits per heavy atom. The van der Waals surface area contributed by atoms with Crippen molar-refractivity contribution in [2.24, 2.45) is 0 Å². The molecule has 4 nitrogen and oxygen atoms in total. The first-order chi connectivity index (χ1) is 6.66. The molecule has 0 fully saturated rings. The number of nitrogen functional groups attached to an aromatic ring is 1. The normalized spacial score (nSPS) is 10.4. The van der Waals surface area contributed by atoms with Crippen LogP contribution in [-0.4, -0.2) is 15.0 Å². The highest BCUT2D eigenvalue weighted by Crippen LogP contribution is 2.16. The van der Waals surface area contributed by atoms with E-state index in [4.69, 9.17) is 17.3 Å². The van der Waals surface area contributed by atoms with Crippen molar-refractivity contribution in [3.63, 3.8) is 0 Å². The summed E-state index contributed by atoms with van der Waals surface area (Å²) in [5.41, 5.74) is 8.24. The number of benzene rings is 1. The van der Waals surface area contributed by atoms with Crippen molar-refractivity contribution in [2.75, 3.05) is 5.73 Å². The van der Waals surface area contributed by atoms with E-state index in [0.29, 0.717) is 10.8 Å². The minimum atomic E-state index is 0.367. The molecule has 2 N–H and O–H groups in total. The van der Waals surface area contributed by atoms with Gasteiger partial charge in [-0.15, -0.1) is 9.90 Å². The van der Waals surface area contributed by atoms with Crippen molar-refractivity contribution >= 4 is 17.3 Å². The molecule has 1 aromatic carbocycles. The van der Waals surface area contributed by atoms with E-state index >= 15 is 0 Å². The van der Waals surface area contributed by atoms with Gasteiger partial charge < -0.3 is 5.73 Å². The molecule has 0 radical (unpaired) electrons. The van der Waals surface area contributed by atoms with Crippen molar-refractivity contribution in [1.29, 1.82) is 0 Å². The standard InChI is InChI=1S/C9H9ClN4/c1-6-2-3-7(11)4-8(6)14-12-5-9(10)13-14/h2-5H,11H2,1H3. The molecule has 0 unspecified atom stereocenters. The molecule has 0 spiro atoms. The summed E-state index contributed by atoms with van der Waals surface area (Å²) >= 11 is 5.68. The molecule has 0 bridgehead atoms. The highest BCUT2D eigenvalue weighted by Gasteiger charge is 2.04. The van der Waals surface area contributed by atoms with Gasteiger partial charge in [0.1, 0.15) is 0 Å². The molecule has 0 aliphatic rings. The quantitative estimate of drug-likeness (QED) is 0.728. The van der Waals surface area contributed by atoms with E-state index in [1.165, 1.54) is 11.0 Å². The molecule has 72 valence electrons. The third-order valence-electron chi connectivity index (χ3n) is 1.91. The monoisotopic (exact) mass is 208 g/mol. The average Bonchev–Trinajstić information content (AvgIpc) is 2.56. The smallest absolute Gasteiger partial charge is 0.171 e. The van der Waals surface area contributed by atoms with Gasteiger partial charge in [-0.2, -0.15) is 5.10 Å². The van der Waals surface area contributed by atoms with Crippen LogP contribution >= 0.6 is 11.6 Å². The first kappa shape index (κ1) is 9.02. The van der Waals surface area contributed by atoms with Crippen LogP contribution in [0.5, 0.6) is 0 Å². The maximum Gasteiger partial charge on any atom is 0.171 e. The fourth-order valence-corrected chi connectivity index (χ4v) is 1.32. The van der Waals surface area contributed by atoms with Crippen LogP contribution in [0.3, 0.4) is 0 Å². The number of anilines is 1. The summed E-state index contributed by atoms with van der Waals surface area (Å²) in [6.45, 7) is 1.96. The summed E-state index contributed by atoms with van der Waals surface area (Å²) in [5.74, 6) is 0. The molecule has 5 heteroatoms. The molecule has 0 amide bonds. The van der Waals surface area contributed by atoms with E-state index in [2.05, 4.69) is 10.2 Å². The number of rotatable bonds is 1. The molecular weight excluding hydrogens is 200 g/mol. The minimum absolute atomic E-state index is 0.367. The van der Waals surface area contributed by atoms with E-state index in [0.717, 1.165) is 11.3 Å². The van der Waals surface area contributed by atoms with Crippen LogP contribution in [0.4, 0.5) is 5.69 Å². The summed E-state index contributed by atoms with van der Waals surface area (Å²) in [5, 5.41) is 8.37. The maximum atomic E-state index is 5.68. The Bertz CT molecular complexity index is 464. The number of aromatic nitrogens is 3. The van der Waals surface area contributed by atoms with E-state index in [-0.39, 0.29) is 0 Å². The predicted octanol–water partition coefficient (Wildman–Crippen LogP) is 1.81. The Labute approximate surface area is 86.3 Å². The molecule has 1 heterocycles. The van der Waals surface area contributed by atoms with Crippen LogP contribution in [0, 0.1) is 6.92 Å². The summed E-state index contributed by atoms with van der Waals surface area (Å²) < 4.78 is 0. The first-order valence-electron chi connectivity index (χ1n) is 4.11. The molecule has 14 heavy (non-hydrogen) atoms. The largest absolute Gasteiger partial charge is 0.399 e. The average molecular weight is 209 g/mol. The molecule has 2 aromatic rings. The Balaban J connectivity index is 2.55.